The molecule has 5 nitrogen and oxygen atoms in total. The van der Waals surface area contributed by atoms with Crippen LogP contribution >= 0.6 is 0 Å². The number of hydrogen-bond donors (Lipinski definition) is 3. The predicted octanol–water partition coefficient (Wildman–Crippen LogP) is 1.59. The van der Waals surface area contributed by atoms with Crippen LogP contribution < -0.4 is 16.0 Å². The molecular formula is C17H24FN3O2. The van der Waals surface area contributed by atoms with Crippen molar-refractivity contribution in [2.24, 2.45) is 0 Å². The van der Waals surface area contributed by atoms with E-state index in [0.29, 0.717) is 24.7 Å². The number of carbonyl (C=O) groups is 2. The molecule has 0 heterocycles. The van der Waals surface area contributed by atoms with E-state index in [4.69, 9.17) is 0 Å². The molecule has 1 aromatic carbocycles. The van der Waals surface area contributed by atoms with Gasteiger partial charge >= 0.3 is 0 Å². The fourth-order valence-electron chi connectivity index (χ4n) is 2.66. The molecular weight excluding hydrogens is 297 g/mol. The molecule has 23 heavy (non-hydrogen) atoms. The molecule has 1 aliphatic carbocycles. The lowest BCUT2D eigenvalue weighted by Gasteiger charge is -2.17. The molecule has 2 amide bonds. The monoisotopic (exact) mass is 321 g/mol. The van der Waals surface area contributed by atoms with Crippen molar-refractivity contribution < 1.29 is 14.0 Å². The summed E-state index contributed by atoms with van der Waals surface area (Å²) < 4.78 is 12.8. The highest BCUT2D eigenvalue weighted by atomic mass is 19.1. The Morgan fingerprint density at radius 3 is 2.48 bits per heavy atom. The van der Waals surface area contributed by atoms with E-state index in [9.17, 15) is 14.0 Å². The van der Waals surface area contributed by atoms with Crippen LogP contribution in [0.1, 0.15) is 43.0 Å². The number of halogens is 1. The zero-order valence-corrected chi connectivity index (χ0v) is 13.4. The first-order chi connectivity index (χ1) is 11.1. The summed E-state index contributed by atoms with van der Waals surface area (Å²) >= 11 is 0. The Morgan fingerprint density at radius 1 is 1.17 bits per heavy atom. The molecule has 1 atom stereocenters. The fourth-order valence-corrected chi connectivity index (χ4v) is 2.66. The summed E-state index contributed by atoms with van der Waals surface area (Å²) in [5, 5.41) is 8.85. The molecule has 0 saturated heterocycles. The highest BCUT2D eigenvalue weighted by Gasteiger charge is 2.20. The number of carbonyl (C=O) groups excluding carboxylic acids is 2. The number of hydrogen-bond acceptors (Lipinski definition) is 3. The van der Waals surface area contributed by atoms with Crippen LogP contribution in [0.4, 0.5) is 4.39 Å². The third-order valence-corrected chi connectivity index (χ3v) is 4.06. The van der Waals surface area contributed by atoms with Gasteiger partial charge in [0, 0.05) is 24.7 Å². The maximum Gasteiger partial charge on any atom is 0.251 e. The zero-order chi connectivity index (χ0) is 16.7. The smallest absolute Gasteiger partial charge is 0.251 e. The van der Waals surface area contributed by atoms with Gasteiger partial charge in [0.25, 0.3) is 5.91 Å². The van der Waals surface area contributed by atoms with E-state index < -0.39 is 0 Å². The number of nitrogens with one attached hydrogen (secondary N) is 3. The van der Waals surface area contributed by atoms with E-state index in [1.807, 2.05) is 6.92 Å². The van der Waals surface area contributed by atoms with Crippen molar-refractivity contribution in [2.75, 3.05) is 13.1 Å². The minimum Gasteiger partial charge on any atom is -0.352 e. The van der Waals surface area contributed by atoms with Gasteiger partial charge in [-0.15, -0.1) is 0 Å². The standard InChI is InChI=1S/C17H24FN3O2/c1-12(16(22)21-15-4-2-3-5-15)19-10-11-20-17(23)13-6-8-14(18)9-7-13/h6-9,12,15,19H,2-5,10-11H2,1H3,(H,20,23)(H,21,22)/t12-/m1/s1. The second-order valence-electron chi connectivity index (χ2n) is 5.93. The predicted molar refractivity (Wildman–Crippen MR) is 86.6 cm³/mol. The van der Waals surface area contributed by atoms with Crippen molar-refractivity contribution >= 4 is 11.8 Å². The Bertz CT molecular complexity index is 527. The van der Waals surface area contributed by atoms with Crippen molar-refractivity contribution in [1.29, 1.82) is 0 Å². The summed E-state index contributed by atoms with van der Waals surface area (Å²) in [4.78, 5) is 23.8. The molecule has 1 aliphatic rings. The van der Waals surface area contributed by atoms with Crippen LogP contribution in [0.25, 0.3) is 0 Å². The van der Waals surface area contributed by atoms with Crippen molar-refractivity contribution in [1.82, 2.24) is 16.0 Å². The maximum absolute atomic E-state index is 12.8. The fraction of sp³-hybridized carbons (Fsp3) is 0.529. The van der Waals surface area contributed by atoms with Gasteiger partial charge in [-0.2, -0.15) is 0 Å². The molecule has 1 aromatic rings. The zero-order valence-electron chi connectivity index (χ0n) is 13.4. The van der Waals surface area contributed by atoms with E-state index in [2.05, 4.69) is 16.0 Å². The van der Waals surface area contributed by atoms with Gasteiger partial charge < -0.3 is 16.0 Å². The van der Waals surface area contributed by atoms with Gasteiger partial charge in [-0.1, -0.05) is 12.8 Å². The highest BCUT2D eigenvalue weighted by Crippen LogP contribution is 2.17. The van der Waals surface area contributed by atoms with Gasteiger partial charge in [0.15, 0.2) is 0 Å². The first kappa shape index (κ1) is 17.4. The van der Waals surface area contributed by atoms with Crippen LogP contribution in [0.2, 0.25) is 0 Å². The third-order valence-electron chi connectivity index (χ3n) is 4.06. The van der Waals surface area contributed by atoms with E-state index >= 15 is 0 Å². The summed E-state index contributed by atoms with van der Waals surface area (Å²) in [5.74, 6) is -0.623. The second-order valence-corrected chi connectivity index (χ2v) is 5.93. The summed E-state index contributed by atoms with van der Waals surface area (Å²) in [5.41, 5.74) is 0.415. The molecule has 0 aromatic heterocycles. The molecule has 6 heteroatoms. The SMILES string of the molecule is C[C@@H](NCCNC(=O)c1ccc(F)cc1)C(=O)NC1CCCC1. The normalized spacial score (nSPS) is 16.1. The summed E-state index contributed by atoms with van der Waals surface area (Å²) in [6.45, 7) is 2.70. The molecule has 0 spiro atoms. The lowest BCUT2D eigenvalue weighted by molar-refractivity contribution is -0.123. The number of amides is 2. The Balaban J connectivity index is 1.63. The van der Waals surface area contributed by atoms with Gasteiger partial charge in [-0.3, -0.25) is 9.59 Å². The molecule has 3 N–H and O–H groups in total. The molecule has 126 valence electrons. The number of benzene rings is 1. The Hall–Kier alpha value is -1.95. The lowest BCUT2D eigenvalue weighted by atomic mass is 10.2. The molecule has 2 rings (SSSR count). The van der Waals surface area contributed by atoms with Crippen molar-refractivity contribution in [3.05, 3.63) is 35.6 Å². The van der Waals surface area contributed by atoms with Crippen LogP contribution in [-0.4, -0.2) is 37.0 Å². The number of rotatable bonds is 7. The molecule has 0 aliphatic heterocycles. The molecule has 0 bridgehead atoms. The first-order valence-electron chi connectivity index (χ1n) is 8.14. The largest absolute Gasteiger partial charge is 0.352 e. The molecule has 1 saturated carbocycles. The van der Waals surface area contributed by atoms with Gasteiger partial charge in [0.05, 0.1) is 6.04 Å². The summed E-state index contributed by atoms with van der Waals surface area (Å²) in [6, 6.07) is 5.40. The van der Waals surface area contributed by atoms with Crippen molar-refractivity contribution in [3.8, 4) is 0 Å². The quantitative estimate of drug-likeness (QED) is 0.668. The van der Waals surface area contributed by atoms with Crippen LogP contribution in [-0.2, 0) is 4.79 Å². The van der Waals surface area contributed by atoms with E-state index in [0.717, 1.165) is 12.8 Å². The van der Waals surface area contributed by atoms with Crippen molar-refractivity contribution in [2.45, 2.75) is 44.7 Å². The molecule has 0 unspecified atom stereocenters. The Kier molecular flexibility index (Phi) is 6.52. The second kappa shape index (κ2) is 8.62. The Labute approximate surface area is 136 Å². The highest BCUT2D eigenvalue weighted by molar-refractivity contribution is 5.94. The van der Waals surface area contributed by atoms with Crippen molar-refractivity contribution in [3.63, 3.8) is 0 Å². The average molecular weight is 321 g/mol. The minimum atomic E-state index is -0.370. The average Bonchev–Trinajstić information content (AvgIpc) is 3.04. The molecule has 0 radical (unpaired) electrons. The maximum atomic E-state index is 12.8. The van der Waals surface area contributed by atoms with Gasteiger partial charge in [-0.25, -0.2) is 4.39 Å². The van der Waals surface area contributed by atoms with Crippen LogP contribution in [0.15, 0.2) is 24.3 Å². The van der Waals surface area contributed by atoms with E-state index in [1.54, 1.807) is 0 Å². The van der Waals surface area contributed by atoms with E-state index in [1.165, 1.54) is 37.1 Å². The van der Waals surface area contributed by atoms with Crippen LogP contribution in [0.3, 0.4) is 0 Å². The van der Waals surface area contributed by atoms with E-state index in [-0.39, 0.29) is 23.7 Å². The van der Waals surface area contributed by atoms with Crippen LogP contribution in [0.5, 0.6) is 0 Å². The Morgan fingerprint density at radius 2 is 1.83 bits per heavy atom. The molecule has 1 fully saturated rings. The minimum absolute atomic E-state index is 0.00163. The van der Waals surface area contributed by atoms with Gasteiger partial charge in [0.2, 0.25) is 5.91 Å². The van der Waals surface area contributed by atoms with Gasteiger partial charge in [0.1, 0.15) is 5.82 Å². The topological polar surface area (TPSA) is 70.2 Å². The third kappa shape index (κ3) is 5.63. The summed E-state index contributed by atoms with van der Waals surface area (Å²) in [6.07, 6.45) is 4.49. The van der Waals surface area contributed by atoms with Gasteiger partial charge in [-0.05, 0) is 44.0 Å². The summed E-state index contributed by atoms with van der Waals surface area (Å²) in [7, 11) is 0. The lowest BCUT2D eigenvalue weighted by Crippen LogP contribution is -2.47. The first-order valence-corrected chi connectivity index (χ1v) is 8.14. The van der Waals surface area contributed by atoms with Crippen LogP contribution in [0, 0.1) is 5.82 Å².